The Bertz CT molecular complexity index is 1120. The number of aliphatic hydroxyl groups is 1. The lowest BCUT2D eigenvalue weighted by atomic mass is 10.1. The predicted octanol–water partition coefficient (Wildman–Crippen LogP) is 1.32. The molecule has 1 atom stereocenters. The van der Waals surface area contributed by atoms with Crippen molar-refractivity contribution in [1.29, 1.82) is 0 Å². The third-order valence-corrected chi connectivity index (χ3v) is 4.65. The standard InChI is InChI=1S/C22H23N3O5/c1-30-18-9-7-16(8-10-18)13-25-21(28)19(20(27)24-22(25)29)12-23-17(14-26)11-15-5-3-2-4-6-15/h2-10,12,17,26,28H,11,13-14H2,1H3,(H,24,27,29)/t17-/m1/s1. The van der Waals surface area contributed by atoms with Gasteiger partial charge in [0.05, 0.1) is 26.3 Å². The molecule has 0 unspecified atom stereocenters. The van der Waals surface area contributed by atoms with Crippen LogP contribution in [0, 0.1) is 0 Å². The Morgan fingerprint density at radius 1 is 1.10 bits per heavy atom. The van der Waals surface area contributed by atoms with Gasteiger partial charge in [0.2, 0.25) is 5.88 Å². The topological polar surface area (TPSA) is 117 Å². The van der Waals surface area contributed by atoms with Gasteiger partial charge >= 0.3 is 5.69 Å². The fourth-order valence-electron chi connectivity index (χ4n) is 2.98. The van der Waals surface area contributed by atoms with Crippen molar-refractivity contribution in [2.45, 2.75) is 19.0 Å². The Kier molecular flexibility index (Phi) is 6.82. The van der Waals surface area contributed by atoms with Crippen LogP contribution in [0.2, 0.25) is 0 Å². The second kappa shape index (κ2) is 9.71. The van der Waals surface area contributed by atoms with Crippen LogP contribution in [0.1, 0.15) is 16.7 Å². The third kappa shape index (κ3) is 5.03. The van der Waals surface area contributed by atoms with Gasteiger partial charge in [0.25, 0.3) is 5.56 Å². The number of aromatic nitrogens is 2. The Hall–Kier alpha value is -3.65. The van der Waals surface area contributed by atoms with E-state index in [2.05, 4.69) is 9.98 Å². The van der Waals surface area contributed by atoms with Gasteiger partial charge in [-0.25, -0.2) is 4.79 Å². The number of aromatic amines is 1. The quantitative estimate of drug-likeness (QED) is 0.485. The van der Waals surface area contributed by atoms with Gasteiger partial charge in [-0.3, -0.25) is 19.3 Å². The van der Waals surface area contributed by atoms with Gasteiger partial charge in [-0.1, -0.05) is 42.5 Å². The molecule has 1 aromatic heterocycles. The van der Waals surface area contributed by atoms with Gasteiger partial charge in [0.15, 0.2) is 0 Å². The minimum absolute atomic E-state index is 0.0553. The van der Waals surface area contributed by atoms with E-state index in [4.69, 9.17) is 4.74 Å². The molecule has 1 heterocycles. The van der Waals surface area contributed by atoms with Crippen LogP contribution in [-0.4, -0.2) is 45.7 Å². The molecule has 156 valence electrons. The molecule has 0 aliphatic heterocycles. The number of nitrogens with one attached hydrogen (secondary N) is 1. The number of methoxy groups -OCH3 is 1. The summed E-state index contributed by atoms with van der Waals surface area (Å²) in [6.45, 7) is -0.171. The van der Waals surface area contributed by atoms with E-state index in [1.165, 1.54) is 6.21 Å². The number of ether oxygens (including phenoxy) is 1. The third-order valence-electron chi connectivity index (χ3n) is 4.65. The first-order chi connectivity index (χ1) is 14.5. The van der Waals surface area contributed by atoms with Crippen molar-refractivity contribution in [2.24, 2.45) is 4.99 Å². The van der Waals surface area contributed by atoms with E-state index in [9.17, 15) is 19.8 Å². The minimum atomic E-state index is -0.747. The molecule has 0 spiro atoms. The summed E-state index contributed by atoms with van der Waals surface area (Å²) in [5.74, 6) is 0.179. The number of hydrogen-bond donors (Lipinski definition) is 3. The Morgan fingerprint density at radius 3 is 2.43 bits per heavy atom. The zero-order valence-corrected chi connectivity index (χ0v) is 16.5. The number of aliphatic hydroxyl groups excluding tert-OH is 1. The van der Waals surface area contributed by atoms with Crippen molar-refractivity contribution in [2.75, 3.05) is 13.7 Å². The van der Waals surface area contributed by atoms with E-state index >= 15 is 0 Å². The molecule has 0 saturated carbocycles. The smallest absolute Gasteiger partial charge is 0.331 e. The van der Waals surface area contributed by atoms with Crippen LogP contribution in [0.4, 0.5) is 0 Å². The van der Waals surface area contributed by atoms with Crippen LogP contribution in [0.3, 0.4) is 0 Å². The zero-order valence-electron chi connectivity index (χ0n) is 16.5. The van der Waals surface area contributed by atoms with Gasteiger partial charge in [-0.2, -0.15) is 0 Å². The number of nitrogens with zero attached hydrogens (tertiary/aromatic N) is 2. The molecular formula is C22H23N3O5. The summed E-state index contributed by atoms with van der Waals surface area (Å²) in [5, 5.41) is 20.2. The molecule has 0 aliphatic carbocycles. The van der Waals surface area contributed by atoms with Crippen molar-refractivity contribution < 1.29 is 14.9 Å². The highest BCUT2D eigenvalue weighted by molar-refractivity contribution is 5.82. The van der Waals surface area contributed by atoms with E-state index < -0.39 is 23.2 Å². The van der Waals surface area contributed by atoms with Gasteiger partial charge in [0, 0.05) is 6.21 Å². The first-order valence-electron chi connectivity index (χ1n) is 9.38. The molecule has 30 heavy (non-hydrogen) atoms. The van der Waals surface area contributed by atoms with Crippen LogP contribution in [0.25, 0.3) is 0 Å². The summed E-state index contributed by atoms with van der Waals surface area (Å²) in [4.78, 5) is 30.9. The van der Waals surface area contributed by atoms with Crippen LogP contribution in [-0.2, 0) is 13.0 Å². The highest BCUT2D eigenvalue weighted by Gasteiger charge is 2.14. The largest absolute Gasteiger partial charge is 0.497 e. The van der Waals surface area contributed by atoms with E-state index in [0.717, 1.165) is 15.7 Å². The number of rotatable bonds is 8. The van der Waals surface area contributed by atoms with Gasteiger partial charge < -0.3 is 14.9 Å². The first kappa shape index (κ1) is 21.1. The zero-order chi connectivity index (χ0) is 21.5. The molecule has 0 amide bonds. The number of benzene rings is 2. The summed E-state index contributed by atoms with van der Waals surface area (Å²) < 4.78 is 6.16. The van der Waals surface area contributed by atoms with Gasteiger partial charge in [-0.15, -0.1) is 0 Å². The number of H-pyrrole nitrogens is 1. The average molecular weight is 409 g/mol. The van der Waals surface area contributed by atoms with Crippen molar-refractivity contribution in [3.8, 4) is 11.6 Å². The molecular weight excluding hydrogens is 386 g/mol. The summed E-state index contributed by atoms with van der Waals surface area (Å²) in [6.07, 6.45) is 1.67. The molecule has 8 nitrogen and oxygen atoms in total. The lowest BCUT2D eigenvalue weighted by molar-refractivity contribution is 0.266. The molecule has 3 aromatic rings. The maximum atomic E-state index is 12.2. The lowest BCUT2D eigenvalue weighted by Crippen LogP contribution is -2.32. The van der Waals surface area contributed by atoms with Crippen molar-refractivity contribution >= 4 is 6.21 Å². The molecule has 0 aliphatic rings. The highest BCUT2D eigenvalue weighted by atomic mass is 16.5. The number of aromatic hydroxyl groups is 1. The summed E-state index contributed by atoms with van der Waals surface area (Å²) >= 11 is 0. The van der Waals surface area contributed by atoms with Crippen molar-refractivity contribution in [1.82, 2.24) is 9.55 Å². The fourth-order valence-corrected chi connectivity index (χ4v) is 2.98. The lowest BCUT2D eigenvalue weighted by Gasteiger charge is -2.11. The highest BCUT2D eigenvalue weighted by Crippen LogP contribution is 2.15. The summed E-state index contributed by atoms with van der Waals surface area (Å²) in [5.41, 5.74) is 0.100. The van der Waals surface area contributed by atoms with Crippen LogP contribution < -0.4 is 16.0 Å². The molecule has 0 bridgehead atoms. The summed E-state index contributed by atoms with van der Waals surface area (Å²) in [7, 11) is 1.55. The van der Waals surface area contributed by atoms with E-state index in [1.54, 1.807) is 31.4 Å². The minimum Gasteiger partial charge on any atom is -0.497 e. The van der Waals surface area contributed by atoms with Crippen molar-refractivity contribution in [3.63, 3.8) is 0 Å². The van der Waals surface area contributed by atoms with Crippen molar-refractivity contribution in [3.05, 3.63) is 92.1 Å². The monoisotopic (exact) mass is 409 g/mol. The molecule has 3 rings (SSSR count). The predicted molar refractivity (Wildman–Crippen MR) is 114 cm³/mol. The molecule has 0 fully saturated rings. The first-order valence-corrected chi connectivity index (χ1v) is 9.38. The van der Waals surface area contributed by atoms with Crippen LogP contribution in [0.5, 0.6) is 11.6 Å². The van der Waals surface area contributed by atoms with Gasteiger partial charge in [0.1, 0.15) is 11.3 Å². The fraction of sp³-hybridized carbons (Fsp3) is 0.227. The normalized spacial score (nSPS) is 12.2. The maximum Gasteiger partial charge on any atom is 0.331 e. The summed E-state index contributed by atoms with van der Waals surface area (Å²) in [6, 6.07) is 16.0. The molecule has 8 heteroatoms. The van der Waals surface area contributed by atoms with E-state index in [0.29, 0.717) is 12.2 Å². The van der Waals surface area contributed by atoms with Crippen LogP contribution in [0.15, 0.2) is 69.2 Å². The van der Waals surface area contributed by atoms with E-state index in [-0.39, 0.29) is 18.7 Å². The van der Waals surface area contributed by atoms with Gasteiger partial charge in [-0.05, 0) is 29.7 Å². The molecule has 0 radical (unpaired) electrons. The average Bonchev–Trinajstić information content (AvgIpc) is 2.76. The Labute approximate surface area is 172 Å². The maximum absolute atomic E-state index is 12.2. The van der Waals surface area contributed by atoms with Crippen LogP contribution >= 0.6 is 0 Å². The molecule has 3 N–H and O–H groups in total. The van der Waals surface area contributed by atoms with E-state index in [1.807, 2.05) is 30.3 Å². The second-order valence-electron chi connectivity index (χ2n) is 6.74. The molecule has 2 aromatic carbocycles. The Morgan fingerprint density at radius 2 is 1.80 bits per heavy atom. The number of aliphatic imine (C=N–C) groups is 1. The number of hydrogen-bond acceptors (Lipinski definition) is 6. The second-order valence-corrected chi connectivity index (χ2v) is 6.74. The molecule has 0 saturated heterocycles. The SMILES string of the molecule is COc1ccc(Cn2c(O)c(C=N[C@@H](CO)Cc3ccccc3)c(=O)[nH]c2=O)cc1. The Balaban J connectivity index is 1.87.